The first-order chi connectivity index (χ1) is 10.1. The molecule has 0 spiro atoms. The molecule has 0 aromatic heterocycles. The van der Waals surface area contributed by atoms with E-state index in [-0.39, 0.29) is 12.0 Å². The lowest BCUT2D eigenvalue weighted by atomic mass is 10.00. The lowest BCUT2D eigenvalue weighted by molar-refractivity contribution is -0.126. The van der Waals surface area contributed by atoms with E-state index in [9.17, 15) is 14.7 Å². The summed E-state index contributed by atoms with van der Waals surface area (Å²) in [5.74, 6) is -0.350. The number of benzene rings is 1. The van der Waals surface area contributed by atoms with Crippen molar-refractivity contribution in [2.45, 2.75) is 25.0 Å². The third-order valence-electron chi connectivity index (χ3n) is 3.69. The zero-order chi connectivity index (χ0) is 15.2. The molecule has 6 heteroatoms. The molecule has 1 fully saturated rings. The van der Waals surface area contributed by atoms with Crippen LogP contribution in [0.4, 0.5) is 4.79 Å². The van der Waals surface area contributed by atoms with Gasteiger partial charge < -0.3 is 10.4 Å². The fourth-order valence-corrected chi connectivity index (χ4v) is 2.55. The van der Waals surface area contributed by atoms with Crippen LogP contribution in [0.2, 0.25) is 0 Å². The summed E-state index contributed by atoms with van der Waals surface area (Å²) >= 11 is 0. The molecule has 1 aromatic rings. The number of urea groups is 1. The largest absolute Gasteiger partial charge is 0.393 e. The maximum Gasteiger partial charge on any atom is 0.321 e. The molecule has 0 saturated carbocycles. The summed E-state index contributed by atoms with van der Waals surface area (Å²) in [5, 5.41) is 14.3. The zero-order valence-corrected chi connectivity index (χ0v) is 12.1. The average Bonchev–Trinajstić information content (AvgIpc) is 2.50. The number of aliphatic hydroxyl groups excluding tert-OH is 1. The van der Waals surface area contributed by atoms with Crippen LogP contribution in [0.25, 0.3) is 0 Å². The maximum atomic E-state index is 12.4. The summed E-state index contributed by atoms with van der Waals surface area (Å²) in [7, 11) is 1.47. The number of rotatable bonds is 3. The van der Waals surface area contributed by atoms with Gasteiger partial charge in [0.15, 0.2) is 0 Å². The second-order valence-corrected chi connectivity index (χ2v) is 5.15. The highest BCUT2D eigenvalue weighted by Crippen LogP contribution is 2.25. The molecule has 1 aliphatic rings. The average molecular weight is 291 g/mol. The molecule has 114 valence electrons. The molecule has 0 aliphatic carbocycles. The molecule has 2 rings (SSSR count). The van der Waals surface area contributed by atoms with Crippen molar-refractivity contribution in [1.82, 2.24) is 15.5 Å². The molecular formula is C15H21N3O3. The number of carbonyl (C=O) groups is 2. The van der Waals surface area contributed by atoms with Crippen LogP contribution in [0.5, 0.6) is 0 Å². The zero-order valence-electron chi connectivity index (χ0n) is 12.1. The highest BCUT2D eigenvalue weighted by atomic mass is 16.3. The van der Waals surface area contributed by atoms with Crippen molar-refractivity contribution in [2.24, 2.45) is 0 Å². The summed E-state index contributed by atoms with van der Waals surface area (Å²) in [4.78, 5) is 25.8. The third-order valence-corrected chi connectivity index (χ3v) is 3.69. The molecule has 1 heterocycles. The van der Waals surface area contributed by atoms with E-state index in [1.165, 1.54) is 7.05 Å². The van der Waals surface area contributed by atoms with Gasteiger partial charge in [-0.1, -0.05) is 30.3 Å². The number of hydrogen-bond donors (Lipinski definition) is 3. The number of hydrogen-bond acceptors (Lipinski definition) is 4. The van der Waals surface area contributed by atoms with Gasteiger partial charge >= 0.3 is 6.03 Å². The molecule has 6 nitrogen and oxygen atoms in total. The third kappa shape index (κ3) is 4.03. The fraction of sp³-hybridized carbons (Fsp3) is 0.467. The van der Waals surface area contributed by atoms with Gasteiger partial charge in [-0.05, 0) is 18.4 Å². The lowest BCUT2D eigenvalue weighted by Gasteiger charge is -2.35. The minimum absolute atomic E-state index is 0.306. The summed E-state index contributed by atoms with van der Waals surface area (Å²) in [6.07, 6.45) is 0.965. The number of nitrogens with zero attached hydrogens (tertiary/aromatic N) is 1. The van der Waals surface area contributed by atoms with Crippen molar-refractivity contribution in [2.75, 3.05) is 20.1 Å². The Bertz CT molecular complexity index is 484. The van der Waals surface area contributed by atoms with Crippen molar-refractivity contribution < 1.29 is 14.7 Å². The fourth-order valence-electron chi connectivity index (χ4n) is 2.55. The maximum absolute atomic E-state index is 12.4. The highest BCUT2D eigenvalue weighted by Gasteiger charge is 2.31. The van der Waals surface area contributed by atoms with E-state index in [2.05, 4.69) is 10.6 Å². The van der Waals surface area contributed by atoms with E-state index >= 15 is 0 Å². The minimum atomic E-state index is -0.518. The van der Waals surface area contributed by atoms with Crippen LogP contribution in [0.15, 0.2) is 30.3 Å². The topological polar surface area (TPSA) is 81.7 Å². The van der Waals surface area contributed by atoms with Crippen molar-refractivity contribution in [1.29, 1.82) is 0 Å². The van der Waals surface area contributed by atoms with Gasteiger partial charge in [-0.25, -0.2) is 4.79 Å². The summed E-state index contributed by atoms with van der Waals surface area (Å²) in [6.45, 7) is 1.25. The molecule has 3 N–H and O–H groups in total. The van der Waals surface area contributed by atoms with E-state index in [0.717, 1.165) is 5.56 Å². The number of carbonyl (C=O) groups excluding carboxylic acids is 2. The van der Waals surface area contributed by atoms with Gasteiger partial charge in [0.05, 0.1) is 6.10 Å². The number of imide groups is 1. The number of likely N-dealkylation sites (tertiary alicyclic amines) is 1. The molecule has 1 atom stereocenters. The Labute approximate surface area is 124 Å². The molecule has 1 aromatic carbocycles. The van der Waals surface area contributed by atoms with Gasteiger partial charge in [0.2, 0.25) is 5.91 Å². The van der Waals surface area contributed by atoms with Gasteiger partial charge in [0.1, 0.15) is 6.04 Å². The second-order valence-electron chi connectivity index (χ2n) is 5.15. The summed E-state index contributed by atoms with van der Waals surface area (Å²) < 4.78 is 0. The standard InChI is InChI=1S/C15H21N3O3/c1-16-15(21)17-14(20)13(11-5-3-2-4-6-11)18-9-7-12(19)8-10-18/h2-6,12-13,19H,7-10H2,1H3,(H2,16,17,20,21)/t13-/m1/s1. The van der Waals surface area contributed by atoms with Crippen LogP contribution >= 0.6 is 0 Å². The lowest BCUT2D eigenvalue weighted by Crippen LogP contribution is -2.48. The van der Waals surface area contributed by atoms with Crippen LogP contribution in [-0.2, 0) is 4.79 Å². The van der Waals surface area contributed by atoms with Crippen molar-refractivity contribution in [3.8, 4) is 0 Å². The summed E-state index contributed by atoms with van der Waals surface area (Å²) in [5.41, 5.74) is 0.843. The Morgan fingerprint density at radius 2 is 1.86 bits per heavy atom. The first-order valence-electron chi connectivity index (χ1n) is 7.11. The molecule has 0 bridgehead atoms. The van der Waals surface area contributed by atoms with Gasteiger partial charge in [-0.15, -0.1) is 0 Å². The Hall–Kier alpha value is -1.92. The Balaban J connectivity index is 2.18. The Kier molecular flexibility index (Phi) is 5.30. The Morgan fingerprint density at radius 3 is 2.43 bits per heavy atom. The molecular weight excluding hydrogens is 270 g/mol. The minimum Gasteiger partial charge on any atom is -0.393 e. The van der Waals surface area contributed by atoms with Crippen LogP contribution in [0.3, 0.4) is 0 Å². The summed E-state index contributed by atoms with van der Waals surface area (Å²) in [6, 6.07) is 8.34. The smallest absolute Gasteiger partial charge is 0.321 e. The van der Waals surface area contributed by atoms with Gasteiger partial charge in [-0.2, -0.15) is 0 Å². The Morgan fingerprint density at radius 1 is 1.24 bits per heavy atom. The highest BCUT2D eigenvalue weighted by molar-refractivity contribution is 5.97. The molecule has 1 saturated heterocycles. The van der Waals surface area contributed by atoms with Gasteiger partial charge in [-0.3, -0.25) is 15.0 Å². The number of nitrogens with one attached hydrogen (secondary N) is 2. The predicted octanol–water partition coefficient (Wildman–Crippen LogP) is 0.640. The number of amides is 3. The number of aliphatic hydroxyl groups is 1. The van der Waals surface area contributed by atoms with Crippen LogP contribution in [-0.4, -0.2) is 48.2 Å². The second kappa shape index (κ2) is 7.19. The normalized spacial score (nSPS) is 18.0. The van der Waals surface area contributed by atoms with E-state index in [0.29, 0.717) is 25.9 Å². The van der Waals surface area contributed by atoms with Crippen molar-refractivity contribution in [3.63, 3.8) is 0 Å². The van der Waals surface area contributed by atoms with Crippen molar-refractivity contribution >= 4 is 11.9 Å². The van der Waals surface area contributed by atoms with Gasteiger partial charge in [0.25, 0.3) is 0 Å². The molecule has 1 aliphatic heterocycles. The monoisotopic (exact) mass is 291 g/mol. The van der Waals surface area contributed by atoms with Crippen LogP contribution in [0.1, 0.15) is 24.4 Å². The SMILES string of the molecule is CNC(=O)NC(=O)[C@@H](c1ccccc1)N1CCC(O)CC1. The number of piperidine rings is 1. The predicted molar refractivity (Wildman–Crippen MR) is 78.6 cm³/mol. The van der Waals surface area contributed by atoms with Crippen LogP contribution < -0.4 is 10.6 Å². The van der Waals surface area contributed by atoms with E-state index < -0.39 is 12.1 Å². The molecule has 21 heavy (non-hydrogen) atoms. The first kappa shape index (κ1) is 15.5. The van der Waals surface area contributed by atoms with Crippen LogP contribution in [0, 0.1) is 0 Å². The molecule has 0 unspecified atom stereocenters. The first-order valence-corrected chi connectivity index (χ1v) is 7.11. The van der Waals surface area contributed by atoms with E-state index in [1.807, 2.05) is 35.2 Å². The van der Waals surface area contributed by atoms with E-state index in [4.69, 9.17) is 0 Å². The van der Waals surface area contributed by atoms with Gasteiger partial charge in [0, 0.05) is 20.1 Å². The molecule has 3 amide bonds. The van der Waals surface area contributed by atoms with Crippen molar-refractivity contribution in [3.05, 3.63) is 35.9 Å². The van der Waals surface area contributed by atoms with E-state index in [1.54, 1.807) is 0 Å². The quantitative estimate of drug-likeness (QED) is 0.763. The molecule has 0 radical (unpaired) electrons.